The number of esters is 2. The first kappa shape index (κ1) is 38.0. The fraction of sp³-hybridized carbons (Fsp3) is 0.875. The van der Waals surface area contributed by atoms with E-state index in [0.717, 1.165) is 38.0 Å². The summed E-state index contributed by atoms with van der Waals surface area (Å²) in [5, 5.41) is 29.4. The Morgan fingerprint density at radius 1 is 0.650 bits per heavy atom. The van der Waals surface area contributed by atoms with E-state index in [4.69, 9.17) is 9.84 Å². The number of hydrogen-bond donors (Lipinski definition) is 3. The van der Waals surface area contributed by atoms with Crippen molar-refractivity contribution in [2.75, 3.05) is 0 Å². The number of aliphatic hydroxyl groups is 1. The fourth-order valence-electron chi connectivity index (χ4n) is 5.08. The van der Waals surface area contributed by atoms with Gasteiger partial charge in [0.15, 0.2) is 5.60 Å². The van der Waals surface area contributed by atoms with E-state index in [0.29, 0.717) is 19.3 Å². The van der Waals surface area contributed by atoms with Crippen molar-refractivity contribution in [2.24, 2.45) is 11.8 Å². The molecule has 40 heavy (non-hydrogen) atoms. The molecule has 0 saturated carbocycles. The van der Waals surface area contributed by atoms with Crippen LogP contribution < -0.4 is 0 Å². The maximum atomic E-state index is 12.7. The molecule has 0 saturated heterocycles. The first-order valence-corrected chi connectivity index (χ1v) is 16.0. The van der Waals surface area contributed by atoms with Gasteiger partial charge in [0, 0.05) is 6.42 Å². The zero-order valence-corrected chi connectivity index (χ0v) is 25.6. The van der Waals surface area contributed by atoms with Crippen LogP contribution in [-0.4, -0.2) is 44.8 Å². The third kappa shape index (κ3) is 19.2. The topological polar surface area (TPSA) is 138 Å². The van der Waals surface area contributed by atoms with Crippen LogP contribution in [0.3, 0.4) is 0 Å². The lowest BCUT2D eigenvalue weighted by Gasteiger charge is -2.29. The van der Waals surface area contributed by atoms with Crippen molar-refractivity contribution in [3.05, 3.63) is 0 Å². The van der Waals surface area contributed by atoms with Crippen LogP contribution in [-0.2, 0) is 23.9 Å². The van der Waals surface area contributed by atoms with Crippen molar-refractivity contribution in [3.63, 3.8) is 0 Å². The van der Waals surface area contributed by atoms with E-state index < -0.39 is 41.8 Å². The molecule has 0 aliphatic rings. The van der Waals surface area contributed by atoms with E-state index in [1.165, 1.54) is 70.6 Å². The van der Waals surface area contributed by atoms with Gasteiger partial charge in [0.05, 0.1) is 12.3 Å². The molecular formula is C32H58O8. The number of rotatable bonds is 27. The van der Waals surface area contributed by atoms with Gasteiger partial charge in [0.1, 0.15) is 0 Å². The van der Waals surface area contributed by atoms with E-state index in [9.17, 15) is 29.4 Å². The number of hydrogen-bond acceptors (Lipinski definition) is 6. The van der Waals surface area contributed by atoms with Crippen molar-refractivity contribution in [1.82, 2.24) is 0 Å². The Bertz CT molecular complexity index is 705. The number of carbonyl (C=O) groups is 4. The van der Waals surface area contributed by atoms with Gasteiger partial charge in [-0.25, -0.2) is 4.79 Å². The minimum Gasteiger partial charge on any atom is -0.481 e. The molecule has 0 radical (unpaired) electrons. The molecule has 0 fully saturated rings. The third-order valence-corrected chi connectivity index (χ3v) is 7.63. The quantitative estimate of drug-likeness (QED) is 0.0516. The van der Waals surface area contributed by atoms with Crippen LogP contribution >= 0.6 is 0 Å². The predicted molar refractivity (Wildman–Crippen MR) is 157 cm³/mol. The molecule has 234 valence electrons. The number of carboxylic acids is 2. The lowest BCUT2D eigenvalue weighted by Crippen LogP contribution is -2.51. The highest BCUT2D eigenvalue weighted by Gasteiger charge is 2.50. The Morgan fingerprint density at radius 2 is 1.07 bits per heavy atom. The summed E-state index contributed by atoms with van der Waals surface area (Å²) in [5.74, 6) is -6.12. The smallest absolute Gasteiger partial charge is 0.337 e. The van der Waals surface area contributed by atoms with Gasteiger partial charge >= 0.3 is 23.9 Å². The molecule has 8 heteroatoms. The van der Waals surface area contributed by atoms with Crippen molar-refractivity contribution in [2.45, 2.75) is 168 Å². The molecule has 2 atom stereocenters. The van der Waals surface area contributed by atoms with Gasteiger partial charge in [0.25, 0.3) is 0 Å². The third-order valence-electron chi connectivity index (χ3n) is 7.63. The second-order valence-corrected chi connectivity index (χ2v) is 11.9. The van der Waals surface area contributed by atoms with Gasteiger partial charge in [-0.15, -0.1) is 0 Å². The fourth-order valence-corrected chi connectivity index (χ4v) is 5.08. The SMILES string of the molecule is CCCCCC(=O)OC(=O)C(CCCCCCCCCCCCCCCCCC(C)C)C(O)(CC(=O)O)C(=O)O. The van der Waals surface area contributed by atoms with E-state index in [2.05, 4.69) is 13.8 Å². The van der Waals surface area contributed by atoms with E-state index in [-0.39, 0.29) is 12.8 Å². The number of carboxylic acid groups (broad SMARTS) is 2. The van der Waals surface area contributed by atoms with Crippen LogP contribution in [0.4, 0.5) is 0 Å². The average molecular weight is 571 g/mol. The summed E-state index contributed by atoms with van der Waals surface area (Å²) in [6.45, 7) is 6.53. The normalized spacial score (nSPS) is 13.6. The summed E-state index contributed by atoms with van der Waals surface area (Å²) in [7, 11) is 0. The van der Waals surface area contributed by atoms with Gasteiger partial charge in [0.2, 0.25) is 0 Å². The molecule has 0 heterocycles. The highest BCUT2D eigenvalue weighted by molar-refractivity contribution is 5.93. The molecule has 0 aromatic carbocycles. The highest BCUT2D eigenvalue weighted by atomic mass is 16.6. The predicted octanol–water partition coefficient (Wildman–Crippen LogP) is 7.83. The molecule has 0 spiro atoms. The van der Waals surface area contributed by atoms with Crippen LogP contribution in [0.5, 0.6) is 0 Å². The molecule has 3 N–H and O–H groups in total. The van der Waals surface area contributed by atoms with E-state index in [1.807, 2.05) is 6.92 Å². The van der Waals surface area contributed by atoms with Gasteiger partial charge < -0.3 is 20.1 Å². The van der Waals surface area contributed by atoms with Crippen LogP contribution in [0.1, 0.15) is 162 Å². The molecule has 0 aromatic heterocycles. The van der Waals surface area contributed by atoms with Gasteiger partial charge in [-0.3, -0.25) is 14.4 Å². The Hall–Kier alpha value is -1.96. The van der Waals surface area contributed by atoms with Gasteiger partial charge in [-0.1, -0.05) is 136 Å². The van der Waals surface area contributed by atoms with Gasteiger partial charge in [-0.2, -0.15) is 0 Å². The number of carbonyl (C=O) groups excluding carboxylic acids is 2. The van der Waals surface area contributed by atoms with Crippen molar-refractivity contribution in [1.29, 1.82) is 0 Å². The monoisotopic (exact) mass is 570 g/mol. The van der Waals surface area contributed by atoms with E-state index in [1.54, 1.807) is 0 Å². The Balaban J connectivity index is 4.28. The number of unbranched alkanes of at least 4 members (excludes halogenated alkanes) is 16. The molecule has 2 unspecified atom stereocenters. The first-order valence-electron chi connectivity index (χ1n) is 16.0. The summed E-state index contributed by atoms with van der Waals surface area (Å²) >= 11 is 0. The molecule has 0 aliphatic carbocycles. The minimum atomic E-state index is -2.83. The summed E-state index contributed by atoms with van der Waals surface area (Å²) in [5.41, 5.74) is -2.83. The van der Waals surface area contributed by atoms with Crippen molar-refractivity contribution >= 4 is 23.9 Å². The van der Waals surface area contributed by atoms with E-state index >= 15 is 0 Å². The summed E-state index contributed by atoms with van der Waals surface area (Å²) in [4.78, 5) is 47.7. The number of ether oxygens (including phenoxy) is 1. The molecule has 0 bridgehead atoms. The zero-order valence-electron chi connectivity index (χ0n) is 25.6. The molecule has 8 nitrogen and oxygen atoms in total. The standard InChI is InChI=1S/C32H58O8/c1-4-5-19-24-29(35)40-30(36)27(32(39,31(37)38)25-28(33)34)23-21-18-16-14-12-10-8-6-7-9-11-13-15-17-20-22-26(2)3/h26-27,39H,4-25H2,1-3H3,(H,33,34)(H,37,38). The maximum absolute atomic E-state index is 12.7. The van der Waals surface area contributed by atoms with Crippen LogP contribution in [0.15, 0.2) is 0 Å². The minimum absolute atomic E-state index is 0.00922. The van der Waals surface area contributed by atoms with Crippen LogP contribution in [0, 0.1) is 11.8 Å². The second-order valence-electron chi connectivity index (χ2n) is 11.9. The van der Waals surface area contributed by atoms with Gasteiger partial charge in [-0.05, 0) is 18.8 Å². The summed E-state index contributed by atoms with van der Waals surface area (Å²) in [6.07, 6.45) is 19.6. The lowest BCUT2D eigenvalue weighted by atomic mass is 9.81. The molecular weight excluding hydrogens is 512 g/mol. The molecule has 0 aliphatic heterocycles. The average Bonchev–Trinajstić information content (AvgIpc) is 2.87. The molecule has 0 amide bonds. The first-order chi connectivity index (χ1) is 19.0. The summed E-state index contributed by atoms with van der Waals surface area (Å²) in [6, 6.07) is 0. The van der Waals surface area contributed by atoms with Crippen LogP contribution in [0.2, 0.25) is 0 Å². The molecule has 0 aromatic rings. The second kappa shape index (κ2) is 23.7. The molecule has 0 rings (SSSR count). The zero-order chi connectivity index (χ0) is 30.2. The Morgan fingerprint density at radius 3 is 1.45 bits per heavy atom. The largest absolute Gasteiger partial charge is 0.481 e. The van der Waals surface area contributed by atoms with Crippen LogP contribution in [0.25, 0.3) is 0 Å². The Kier molecular flexibility index (Phi) is 22.6. The number of aliphatic carboxylic acids is 2. The van der Waals surface area contributed by atoms with Crippen molar-refractivity contribution < 1.29 is 39.2 Å². The highest BCUT2D eigenvalue weighted by Crippen LogP contribution is 2.29. The van der Waals surface area contributed by atoms with Crippen molar-refractivity contribution in [3.8, 4) is 0 Å². The lowest BCUT2D eigenvalue weighted by molar-refractivity contribution is -0.184. The maximum Gasteiger partial charge on any atom is 0.337 e. The summed E-state index contributed by atoms with van der Waals surface area (Å²) < 4.78 is 4.83. The Labute approximate surface area is 242 Å².